The third-order valence-electron chi connectivity index (χ3n) is 6.48. The minimum atomic E-state index is -0.766. The summed E-state index contributed by atoms with van der Waals surface area (Å²) in [6.07, 6.45) is 2.63. The fraction of sp³-hybridized carbons (Fsp3) is 0.214. The molecule has 1 aromatic heterocycles. The summed E-state index contributed by atoms with van der Waals surface area (Å²) in [5.74, 6) is -1.85. The standard InChI is InChI=1S/C28H21ClF3N3S/c1-16-11-18(5-10-23(16)29)21-3-2-4-26-27(21)35(20-8-6-19(30)7-9-20)28(34-26)36-15-22-24(31)12-17(14-33)13-25(22)32/h5-13,21H,2-4,15H2,1H3. The van der Waals surface area contributed by atoms with Gasteiger partial charge in [0, 0.05) is 27.9 Å². The molecular weight excluding hydrogens is 503 g/mol. The first-order valence-corrected chi connectivity index (χ1v) is 12.9. The molecule has 0 spiro atoms. The van der Waals surface area contributed by atoms with Gasteiger partial charge in [0.1, 0.15) is 17.5 Å². The number of fused-ring (bicyclic) bond motifs is 1. The molecule has 1 atom stereocenters. The van der Waals surface area contributed by atoms with Crippen molar-refractivity contribution in [1.29, 1.82) is 5.26 Å². The van der Waals surface area contributed by atoms with Crippen LogP contribution in [0.25, 0.3) is 5.69 Å². The summed E-state index contributed by atoms with van der Waals surface area (Å²) >= 11 is 7.49. The first-order chi connectivity index (χ1) is 17.4. The molecule has 36 heavy (non-hydrogen) atoms. The molecule has 0 amide bonds. The summed E-state index contributed by atoms with van der Waals surface area (Å²) in [5, 5.41) is 10.3. The van der Waals surface area contributed by atoms with Crippen molar-refractivity contribution in [1.82, 2.24) is 9.55 Å². The first kappa shape index (κ1) is 24.5. The van der Waals surface area contributed by atoms with Gasteiger partial charge in [0.05, 0.1) is 23.0 Å². The van der Waals surface area contributed by atoms with Crippen LogP contribution >= 0.6 is 23.4 Å². The topological polar surface area (TPSA) is 41.6 Å². The Morgan fingerprint density at radius 3 is 2.47 bits per heavy atom. The Bertz CT molecular complexity index is 1470. The van der Waals surface area contributed by atoms with Gasteiger partial charge in [-0.2, -0.15) is 5.26 Å². The van der Waals surface area contributed by atoms with Gasteiger partial charge in [0.15, 0.2) is 5.16 Å². The van der Waals surface area contributed by atoms with E-state index in [9.17, 15) is 13.2 Å². The number of rotatable bonds is 5. The highest BCUT2D eigenvalue weighted by Gasteiger charge is 2.30. The monoisotopic (exact) mass is 523 g/mol. The van der Waals surface area contributed by atoms with Crippen LogP contribution in [0.4, 0.5) is 13.2 Å². The fourth-order valence-corrected chi connectivity index (χ4v) is 5.87. The molecule has 1 aliphatic rings. The number of imidazole rings is 1. The van der Waals surface area contributed by atoms with E-state index in [1.54, 1.807) is 18.2 Å². The molecule has 0 saturated heterocycles. The van der Waals surface area contributed by atoms with E-state index in [4.69, 9.17) is 21.8 Å². The molecule has 1 unspecified atom stereocenters. The van der Waals surface area contributed by atoms with Crippen LogP contribution in [0, 0.1) is 35.7 Å². The lowest BCUT2D eigenvalue weighted by Gasteiger charge is -2.25. The largest absolute Gasteiger partial charge is 0.291 e. The van der Waals surface area contributed by atoms with Gasteiger partial charge in [-0.3, -0.25) is 4.57 Å². The van der Waals surface area contributed by atoms with Gasteiger partial charge < -0.3 is 0 Å². The van der Waals surface area contributed by atoms with Crippen LogP contribution in [0.3, 0.4) is 0 Å². The van der Waals surface area contributed by atoms with Crippen LogP contribution in [0.15, 0.2) is 59.8 Å². The number of aromatic nitrogens is 2. The second kappa shape index (κ2) is 10.0. The second-order valence-electron chi connectivity index (χ2n) is 8.81. The fourth-order valence-electron chi connectivity index (χ4n) is 4.69. The molecular formula is C28H21ClF3N3S. The predicted molar refractivity (Wildman–Crippen MR) is 135 cm³/mol. The zero-order valence-electron chi connectivity index (χ0n) is 19.4. The summed E-state index contributed by atoms with van der Waals surface area (Å²) in [7, 11) is 0. The van der Waals surface area contributed by atoms with Crippen LogP contribution in [0.1, 0.15) is 52.4 Å². The van der Waals surface area contributed by atoms with Crippen LogP contribution < -0.4 is 0 Å². The van der Waals surface area contributed by atoms with Crippen molar-refractivity contribution in [3.63, 3.8) is 0 Å². The molecule has 182 valence electrons. The van der Waals surface area contributed by atoms with Crippen LogP contribution in [-0.2, 0) is 12.2 Å². The number of hydrogen-bond donors (Lipinski definition) is 0. The van der Waals surface area contributed by atoms with Gasteiger partial charge in [-0.25, -0.2) is 18.2 Å². The Morgan fingerprint density at radius 1 is 1.08 bits per heavy atom. The molecule has 5 rings (SSSR count). The van der Waals surface area contributed by atoms with Crippen LogP contribution in [-0.4, -0.2) is 9.55 Å². The molecule has 1 aliphatic carbocycles. The highest BCUT2D eigenvalue weighted by molar-refractivity contribution is 7.98. The van der Waals surface area contributed by atoms with Crippen LogP contribution in [0.2, 0.25) is 5.02 Å². The van der Waals surface area contributed by atoms with Crippen molar-refractivity contribution in [3.8, 4) is 11.8 Å². The molecule has 3 aromatic carbocycles. The SMILES string of the molecule is Cc1cc(C2CCCc3nc(SCc4c(F)cc(C#N)cc4F)n(-c4ccc(F)cc4)c32)ccc1Cl. The smallest absolute Gasteiger partial charge is 0.173 e. The molecule has 0 aliphatic heterocycles. The normalized spacial score (nSPS) is 14.9. The quantitative estimate of drug-likeness (QED) is 0.250. The van der Waals surface area contributed by atoms with Crippen LogP contribution in [0.5, 0.6) is 0 Å². The first-order valence-electron chi connectivity index (χ1n) is 11.5. The molecule has 0 N–H and O–H groups in total. The number of thioether (sulfide) groups is 1. The predicted octanol–water partition coefficient (Wildman–Crippen LogP) is 7.88. The maximum Gasteiger partial charge on any atom is 0.173 e. The van der Waals surface area contributed by atoms with Crippen molar-refractivity contribution in [2.45, 2.75) is 43.0 Å². The van der Waals surface area contributed by atoms with E-state index >= 15 is 0 Å². The van der Waals surface area contributed by atoms with E-state index < -0.39 is 11.6 Å². The average molecular weight is 524 g/mol. The Hall–Kier alpha value is -3.21. The highest BCUT2D eigenvalue weighted by atomic mass is 35.5. The average Bonchev–Trinajstić information content (AvgIpc) is 3.24. The Balaban J connectivity index is 1.60. The zero-order valence-corrected chi connectivity index (χ0v) is 20.9. The van der Waals surface area contributed by atoms with E-state index in [1.165, 1.54) is 23.9 Å². The van der Waals surface area contributed by atoms with E-state index in [2.05, 4.69) is 6.07 Å². The number of nitrogens with zero attached hydrogens (tertiary/aromatic N) is 3. The summed E-state index contributed by atoms with van der Waals surface area (Å²) in [6, 6.07) is 16.0. The Labute approximate surface area is 216 Å². The van der Waals surface area contributed by atoms with Gasteiger partial charge in [-0.1, -0.05) is 35.5 Å². The molecule has 8 heteroatoms. The summed E-state index contributed by atoms with van der Waals surface area (Å²) in [5.41, 5.74) is 4.56. The number of hydrogen-bond acceptors (Lipinski definition) is 3. The van der Waals surface area contributed by atoms with Crippen molar-refractivity contribution in [2.75, 3.05) is 0 Å². The van der Waals surface area contributed by atoms with Gasteiger partial charge in [0.2, 0.25) is 0 Å². The van der Waals surface area contributed by atoms with E-state index in [-0.39, 0.29) is 28.6 Å². The zero-order chi connectivity index (χ0) is 25.4. The summed E-state index contributed by atoms with van der Waals surface area (Å²) in [6.45, 7) is 1.97. The number of nitriles is 1. The lowest BCUT2D eigenvalue weighted by molar-refractivity contribution is 0.565. The number of benzene rings is 3. The van der Waals surface area contributed by atoms with Gasteiger partial charge >= 0.3 is 0 Å². The molecule has 0 saturated carbocycles. The number of halogens is 4. The minimum absolute atomic E-state index is 0.00875. The van der Waals surface area contributed by atoms with E-state index in [1.807, 2.05) is 23.6 Å². The molecule has 3 nitrogen and oxygen atoms in total. The van der Waals surface area contributed by atoms with Crippen molar-refractivity contribution in [3.05, 3.63) is 111 Å². The molecule has 0 radical (unpaired) electrons. The Morgan fingerprint density at radius 2 is 1.81 bits per heavy atom. The van der Waals surface area contributed by atoms with E-state index in [0.717, 1.165) is 59.6 Å². The third-order valence-corrected chi connectivity index (χ3v) is 7.87. The summed E-state index contributed by atoms with van der Waals surface area (Å²) < 4.78 is 44.9. The lowest BCUT2D eigenvalue weighted by Crippen LogP contribution is -2.15. The van der Waals surface area contributed by atoms with E-state index in [0.29, 0.717) is 10.2 Å². The minimum Gasteiger partial charge on any atom is -0.291 e. The molecule has 0 bridgehead atoms. The lowest BCUT2D eigenvalue weighted by atomic mass is 9.83. The maximum atomic E-state index is 14.6. The van der Waals surface area contributed by atoms with Gasteiger partial charge in [-0.15, -0.1) is 0 Å². The maximum absolute atomic E-state index is 14.6. The van der Waals surface area contributed by atoms with Crippen molar-refractivity contribution < 1.29 is 13.2 Å². The Kier molecular flexibility index (Phi) is 6.83. The van der Waals surface area contributed by atoms with Gasteiger partial charge in [-0.05, 0) is 79.8 Å². The van der Waals surface area contributed by atoms with Gasteiger partial charge in [0.25, 0.3) is 0 Å². The highest BCUT2D eigenvalue weighted by Crippen LogP contribution is 2.42. The number of aryl methyl sites for hydroxylation is 2. The van der Waals surface area contributed by atoms with Crippen molar-refractivity contribution in [2.24, 2.45) is 0 Å². The third kappa shape index (κ3) is 4.63. The molecule has 0 fully saturated rings. The van der Waals surface area contributed by atoms with Crippen molar-refractivity contribution >= 4 is 23.4 Å². The second-order valence-corrected chi connectivity index (χ2v) is 10.2. The molecule has 1 heterocycles. The molecule has 4 aromatic rings. The summed E-state index contributed by atoms with van der Waals surface area (Å²) in [4.78, 5) is 4.88.